The molecule has 2 unspecified atom stereocenters. The van der Waals surface area contributed by atoms with Gasteiger partial charge in [-0.1, -0.05) is 24.3 Å². The van der Waals surface area contributed by atoms with Gasteiger partial charge < -0.3 is 25.4 Å². The van der Waals surface area contributed by atoms with Crippen molar-refractivity contribution in [2.24, 2.45) is 5.92 Å². The maximum atomic E-state index is 13.0. The average molecular weight is 599 g/mol. The number of aliphatic hydroxyl groups is 2. The number of nitrogens with zero attached hydrogens (tertiary/aromatic N) is 1. The zero-order chi connectivity index (χ0) is 30.5. The number of pyridine rings is 1. The summed E-state index contributed by atoms with van der Waals surface area (Å²) in [6.07, 6.45) is 3.86. The van der Waals surface area contributed by atoms with Crippen molar-refractivity contribution in [3.05, 3.63) is 82.8 Å². The number of para-hydroxylation sites is 1. The van der Waals surface area contributed by atoms with Gasteiger partial charge in [-0.2, -0.15) is 0 Å². The van der Waals surface area contributed by atoms with Crippen LogP contribution in [-0.2, 0) is 9.84 Å². The summed E-state index contributed by atoms with van der Waals surface area (Å²) in [6.45, 7) is 1.63. The zero-order valence-electron chi connectivity index (χ0n) is 23.8. The van der Waals surface area contributed by atoms with E-state index in [9.17, 15) is 33.3 Å². The van der Waals surface area contributed by atoms with Gasteiger partial charge in [0, 0.05) is 31.5 Å². The minimum absolute atomic E-state index is 0.00902. The number of sulfone groups is 1. The van der Waals surface area contributed by atoms with Crippen molar-refractivity contribution >= 4 is 15.7 Å². The minimum atomic E-state index is -3.81. The summed E-state index contributed by atoms with van der Waals surface area (Å²) in [4.78, 5) is 25.5. The van der Waals surface area contributed by atoms with E-state index in [1.54, 1.807) is 18.2 Å². The number of ether oxygens (including phenoxy) is 1. The third kappa shape index (κ3) is 7.58. The predicted molar refractivity (Wildman–Crippen MR) is 159 cm³/mol. The third-order valence-corrected chi connectivity index (χ3v) is 10.1. The number of aliphatic hydroxyl groups excluding tert-OH is 2. The Morgan fingerprint density at radius 2 is 1.74 bits per heavy atom. The molecule has 1 heterocycles. The van der Waals surface area contributed by atoms with E-state index in [2.05, 4.69) is 5.32 Å². The molecule has 1 aromatic heterocycles. The van der Waals surface area contributed by atoms with Crippen molar-refractivity contribution in [2.45, 2.75) is 56.1 Å². The number of benzene rings is 2. The largest absolute Gasteiger partial charge is 0.507 e. The van der Waals surface area contributed by atoms with Crippen LogP contribution in [0.15, 0.2) is 71.7 Å². The van der Waals surface area contributed by atoms with Crippen molar-refractivity contribution < 1.29 is 33.3 Å². The summed E-state index contributed by atoms with van der Waals surface area (Å²) in [5.74, 6) is 0.226. The van der Waals surface area contributed by atoms with E-state index >= 15 is 0 Å². The SMILES string of the molecule is CC(CNC(=O)c1ccccc1O)(CC(O)n1ccc(-c2ccc(OCC3CCC(O)CC3)cc2)cc1=O)S(C)(=O)=O. The van der Waals surface area contributed by atoms with Crippen LogP contribution in [0.5, 0.6) is 11.5 Å². The number of aromatic nitrogens is 1. The van der Waals surface area contributed by atoms with Crippen LogP contribution in [0.25, 0.3) is 11.1 Å². The topological polar surface area (TPSA) is 155 Å². The molecule has 11 heteroatoms. The first-order valence-corrected chi connectivity index (χ1v) is 15.8. The number of aromatic hydroxyl groups is 1. The maximum absolute atomic E-state index is 13.0. The van der Waals surface area contributed by atoms with Crippen molar-refractivity contribution in [1.29, 1.82) is 0 Å². The molecule has 0 spiro atoms. The molecule has 10 nitrogen and oxygen atoms in total. The Kier molecular flexibility index (Phi) is 9.75. The van der Waals surface area contributed by atoms with Crippen LogP contribution in [0.2, 0.25) is 0 Å². The molecule has 2 atom stereocenters. The number of phenols is 1. The Labute approximate surface area is 245 Å². The van der Waals surface area contributed by atoms with Crippen LogP contribution in [-0.4, -0.2) is 64.5 Å². The van der Waals surface area contributed by atoms with Crippen LogP contribution < -0.4 is 15.6 Å². The van der Waals surface area contributed by atoms with Crippen LogP contribution in [0.3, 0.4) is 0 Å². The highest BCUT2D eigenvalue weighted by Gasteiger charge is 2.39. The van der Waals surface area contributed by atoms with Crippen molar-refractivity contribution in [1.82, 2.24) is 9.88 Å². The highest BCUT2D eigenvalue weighted by atomic mass is 32.2. The summed E-state index contributed by atoms with van der Waals surface area (Å²) >= 11 is 0. The van der Waals surface area contributed by atoms with Gasteiger partial charge in [0.15, 0.2) is 9.84 Å². The smallest absolute Gasteiger partial charge is 0.255 e. The first kappa shape index (κ1) is 31.3. The van der Waals surface area contributed by atoms with E-state index in [0.29, 0.717) is 23.8 Å². The molecule has 2 aromatic carbocycles. The van der Waals surface area contributed by atoms with E-state index in [1.165, 1.54) is 31.3 Å². The molecule has 0 bridgehead atoms. The Hall–Kier alpha value is -3.67. The molecule has 1 aliphatic rings. The number of nitrogens with one attached hydrogen (secondary N) is 1. The highest BCUT2D eigenvalue weighted by molar-refractivity contribution is 7.92. The lowest BCUT2D eigenvalue weighted by atomic mass is 9.88. The molecular formula is C31H38N2O8S. The molecule has 0 aliphatic heterocycles. The van der Waals surface area contributed by atoms with Crippen molar-refractivity contribution in [3.8, 4) is 22.6 Å². The van der Waals surface area contributed by atoms with Crippen LogP contribution in [0.1, 0.15) is 55.6 Å². The lowest BCUT2D eigenvalue weighted by Gasteiger charge is -2.30. The number of hydrogen-bond donors (Lipinski definition) is 4. The zero-order valence-corrected chi connectivity index (χ0v) is 24.6. The van der Waals surface area contributed by atoms with Crippen LogP contribution in [0.4, 0.5) is 0 Å². The van der Waals surface area contributed by atoms with Gasteiger partial charge in [-0.15, -0.1) is 0 Å². The Morgan fingerprint density at radius 1 is 1.07 bits per heavy atom. The number of carbonyl (C=O) groups excluding carboxylic acids is 1. The number of carbonyl (C=O) groups is 1. The predicted octanol–water partition coefficient (Wildman–Crippen LogP) is 3.27. The minimum Gasteiger partial charge on any atom is -0.507 e. The van der Waals surface area contributed by atoms with Crippen LogP contribution in [0, 0.1) is 5.92 Å². The lowest BCUT2D eigenvalue weighted by molar-refractivity contribution is 0.0767. The fraction of sp³-hybridized carbons (Fsp3) is 0.419. The van der Waals surface area contributed by atoms with Gasteiger partial charge in [-0.05, 0) is 80.0 Å². The molecule has 42 heavy (non-hydrogen) atoms. The Bertz CT molecular complexity index is 1550. The Morgan fingerprint density at radius 3 is 2.36 bits per heavy atom. The first-order valence-electron chi connectivity index (χ1n) is 13.9. The van der Waals surface area contributed by atoms with Crippen molar-refractivity contribution in [3.63, 3.8) is 0 Å². The first-order chi connectivity index (χ1) is 19.9. The van der Waals surface area contributed by atoms with Gasteiger partial charge in [-0.3, -0.25) is 14.2 Å². The van der Waals surface area contributed by atoms with Gasteiger partial charge in [0.05, 0.1) is 23.0 Å². The molecule has 4 N–H and O–H groups in total. The molecule has 1 amide bonds. The summed E-state index contributed by atoms with van der Waals surface area (Å²) < 4.78 is 30.8. The molecule has 1 saturated carbocycles. The second-order valence-electron chi connectivity index (χ2n) is 11.3. The molecular weight excluding hydrogens is 560 g/mol. The monoisotopic (exact) mass is 598 g/mol. The molecule has 1 fully saturated rings. The maximum Gasteiger partial charge on any atom is 0.255 e. The van der Waals surface area contributed by atoms with E-state index in [1.807, 2.05) is 24.3 Å². The van der Waals surface area contributed by atoms with Gasteiger partial charge in [0.1, 0.15) is 17.7 Å². The second kappa shape index (κ2) is 13.1. The highest BCUT2D eigenvalue weighted by Crippen LogP contribution is 2.28. The van der Waals surface area contributed by atoms with Gasteiger partial charge >= 0.3 is 0 Å². The summed E-state index contributed by atoms with van der Waals surface area (Å²) in [5, 5.41) is 33.0. The molecule has 4 rings (SSSR count). The third-order valence-electron chi connectivity index (χ3n) is 8.04. The van der Waals surface area contributed by atoms with Gasteiger partial charge in [0.25, 0.3) is 11.5 Å². The fourth-order valence-corrected chi connectivity index (χ4v) is 5.84. The van der Waals surface area contributed by atoms with E-state index in [0.717, 1.165) is 42.1 Å². The summed E-state index contributed by atoms with van der Waals surface area (Å²) in [7, 11) is -3.81. The summed E-state index contributed by atoms with van der Waals surface area (Å²) in [6, 6.07) is 16.2. The van der Waals surface area contributed by atoms with E-state index < -0.39 is 32.3 Å². The number of phenolic OH excluding ortho intramolecular Hbond substituents is 1. The number of rotatable bonds is 11. The second-order valence-corrected chi connectivity index (χ2v) is 13.8. The summed E-state index contributed by atoms with van der Waals surface area (Å²) in [5.41, 5.74) is 0.867. The number of hydrogen-bond acceptors (Lipinski definition) is 8. The lowest BCUT2D eigenvalue weighted by Crippen LogP contribution is -2.48. The van der Waals surface area contributed by atoms with E-state index in [4.69, 9.17) is 4.74 Å². The number of amides is 1. The van der Waals surface area contributed by atoms with Gasteiger partial charge in [0.2, 0.25) is 0 Å². The van der Waals surface area contributed by atoms with Gasteiger partial charge in [-0.25, -0.2) is 8.42 Å². The molecule has 3 aromatic rings. The molecule has 0 radical (unpaired) electrons. The average Bonchev–Trinajstić information content (AvgIpc) is 2.95. The standard InChI is InChI=1S/C31H38N2O8S/c1-31(42(2,39)40,20-32-30(38)26-5-3-4-6-27(26)35)18-29(37)33-16-15-23(17-28(33)36)22-9-13-25(14-10-22)41-19-21-7-11-24(34)12-8-21/h3-6,9-10,13-17,21,24,29,34-35,37H,7-8,11-12,18-20H2,1-2H3,(H,32,38). The Balaban J connectivity index is 1.41. The molecule has 0 saturated heterocycles. The molecule has 226 valence electrons. The molecule has 1 aliphatic carbocycles. The van der Waals surface area contributed by atoms with Crippen molar-refractivity contribution in [2.75, 3.05) is 19.4 Å². The normalized spacial score (nSPS) is 19.4. The van der Waals surface area contributed by atoms with Crippen LogP contribution >= 0.6 is 0 Å². The fourth-order valence-electron chi connectivity index (χ4n) is 5.05. The van der Waals surface area contributed by atoms with E-state index in [-0.39, 0.29) is 30.4 Å². The quantitative estimate of drug-likeness (QED) is 0.262.